The lowest BCUT2D eigenvalue weighted by Crippen LogP contribution is -2.00. The van der Waals surface area contributed by atoms with E-state index in [1.165, 1.54) is 7.11 Å². The number of ether oxygens (including phenoxy) is 2. The number of rotatable bonds is 3. The van der Waals surface area contributed by atoms with E-state index in [4.69, 9.17) is 14.7 Å². The van der Waals surface area contributed by atoms with Gasteiger partial charge in [0.05, 0.1) is 11.7 Å². The van der Waals surface area contributed by atoms with Crippen LogP contribution in [0.5, 0.6) is 5.75 Å². The van der Waals surface area contributed by atoms with Gasteiger partial charge in [-0.1, -0.05) is 0 Å². The highest BCUT2D eigenvalue weighted by molar-refractivity contribution is 5.86. The molecule has 0 aliphatic rings. The quantitative estimate of drug-likeness (QED) is 0.766. The van der Waals surface area contributed by atoms with Crippen LogP contribution in [0.15, 0.2) is 18.3 Å². The van der Waals surface area contributed by atoms with Crippen LogP contribution in [0.2, 0.25) is 0 Å². The van der Waals surface area contributed by atoms with Gasteiger partial charge >= 0.3 is 0 Å². The molecule has 2 rings (SSSR count). The van der Waals surface area contributed by atoms with Crippen LogP contribution in [0.3, 0.4) is 0 Å². The van der Waals surface area contributed by atoms with Gasteiger partial charge in [0.25, 0.3) is 0 Å². The molecule has 5 heteroatoms. The van der Waals surface area contributed by atoms with Crippen molar-refractivity contribution in [3.8, 4) is 11.8 Å². The third-order valence-electron chi connectivity index (χ3n) is 2.02. The molecule has 5 nitrogen and oxygen atoms in total. The fourth-order valence-electron chi connectivity index (χ4n) is 1.35. The minimum atomic E-state index is 0.119. The molecule has 2 aromatic rings. The van der Waals surface area contributed by atoms with Gasteiger partial charge in [-0.2, -0.15) is 10.4 Å². The Labute approximate surface area is 86.2 Å². The van der Waals surface area contributed by atoms with Gasteiger partial charge in [-0.25, -0.2) is 0 Å². The minimum Gasteiger partial charge on any atom is -0.466 e. The molecule has 0 saturated carbocycles. The SMILES string of the molecule is COCOc1ccc2cn[nH]c2c1C#N. The molecular weight excluding hydrogens is 194 g/mol. The number of aromatic nitrogens is 2. The number of hydrogen-bond donors (Lipinski definition) is 1. The highest BCUT2D eigenvalue weighted by Gasteiger charge is 2.09. The van der Waals surface area contributed by atoms with Crippen molar-refractivity contribution in [2.45, 2.75) is 0 Å². The van der Waals surface area contributed by atoms with Crippen LogP contribution in [0.4, 0.5) is 0 Å². The summed E-state index contributed by atoms with van der Waals surface area (Å²) in [5.41, 5.74) is 1.13. The molecule has 1 aromatic carbocycles. The van der Waals surface area contributed by atoms with E-state index in [-0.39, 0.29) is 6.79 Å². The van der Waals surface area contributed by atoms with Gasteiger partial charge in [0.2, 0.25) is 0 Å². The Hall–Kier alpha value is -2.06. The van der Waals surface area contributed by atoms with E-state index in [1.54, 1.807) is 12.3 Å². The minimum absolute atomic E-state index is 0.119. The predicted molar refractivity (Wildman–Crippen MR) is 53.3 cm³/mol. The molecule has 1 N–H and O–H groups in total. The smallest absolute Gasteiger partial charge is 0.188 e. The van der Waals surface area contributed by atoms with Gasteiger partial charge in [-0.05, 0) is 12.1 Å². The summed E-state index contributed by atoms with van der Waals surface area (Å²) in [6.45, 7) is 0.119. The number of aromatic amines is 1. The van der Waals surface area contributed by atoms with Crippen LogP contribution >= 0.6 is 0 Å². The highest BCUT2D eigenvalue weighted by atomic mass is 16.7. The van der Waals surface area contributed by atoms with Crippen molar-refractivity contribution in [3.05, 3.63) is 23.9 Å². The van der Waals surface area contributed by atoms with E-state index in [9.17, 15) is 0 Å². The van der Waals surface area contributed by atoms with Gasteiger partial charge in [0.15, 0.2) is 6.79 Å². The molecule has 76 valence electrons. The van der Waals surface area contributed by atoms with Crippen LogP contribution in [0.25, 0.3) is 10.9 Å². The number of nitrogens with one attached hydrogen (secondary N) is 1. The second-order valence-electron chi connectivity index (χ2n) is 2.94. The number of benzene rings is 1. The van der Waals surface area contributed by atoms with E-state index < -0.39 is 0 Å². The third-order valence-corrected chi connectivity index (χ3v) is 2.02. The molecular formula is C10H9N3O2. The lowest BCUT2D eigenvalue weighted by Gasteiger charge is -2.06. The predicted octanol–water partition coefficient (Wildman–Crippen LogP) is 1.42. The van der Waals surface area contributed by atoms with Gasteiger partial charge in [-0.3, -0.25) is 5.10 Å². The monoisotopic (exact) mass is 203 g/mol. The van der Waals surface area contributed by atoms with Crippen LogP contribution in [0.1, 0.15) is 5.56 Å². The molecule has 0 amide bonds. The van der Waals surface area contributed by atoms with Crippen molar-refractivity contribution in [1.82, 2.24) is 10.2 Å². The van der Waals surface area contributed by atoms with E-state index in [0.717, 1.165) is 5.39 Å². The lowest BCUT2D eigenvalue weighted by molar-refractivity contribution is 0.0510. The zero-order chi connectivity index (χ0) is 10.7. The van der Waals surface area contributed by atoms with Crippen molar-refractivity contribution in [1.29, 1.82) is 5.26 Å². The molecule has 0 radical (unpaired) electrons. The molecule has 0 atom stereocenters. The van der Waals surface area contributed by atoms with Crippen LogP contribution in [-0.2, 0) is 4.74 Å². The Bertz CT molecular complexity index is 513. The summed E-state index contributed by atoms with van der Waals surface area (Å²) in [4.78, 5) is 0. The molecule has 0 aliphatic carbocycles. The summed E-state index contributed by atoms with van der Waals surface area (Å²) >= 11 is 0. The maximum atomic E-state index is 9.02. The Kier molecular flexibility index (Phi) is 2.52. The molecule has 1 heterocycles. The van der Waals surface area contributed by atoms with Crippen molar-refractivity contribution in [2.24, 2.45) is 0 Å². The summed E-state index contributed by atoms with van der Waals surface area (Å²) in [5.74, 6) is 0.496. The van der Waals surface area contributed by atoms with Gasteiger partial charge in [0.1, 0.15) is 17.4 Å². The first-order valence-corrected chi connectivity index (χ1v) is 4.34. The van der Waals surface area contributed by atoms with Crippen molar-refractivity contribution in [3.63, 3.8) is 0 Å². The lowest BCUT2D eigenvalue weighted by atomic mass is 10.1. The number of methoxy groups -OCH3 is 1. The van der Waals surface area contributed by atoms with E-state index >= 15 is 0 Å². The summed E-state index contributed by atoms with van der Waals surface area (Å²) < 4.78 is 10.0. The Morgan fingerprint density at radius 1 is 1.53 bits per heavy atom. The normalized spacial score (nSPS) is 10.1. The van der Waals surface area contributed by atoms with Gasteiger partial charge in [-0.15, -0.1) is 0 Å². The summed E-state index contributed by atoms with van der Waals surface area (Å²) in [6.07, 6.45) is 1.66. The summed E-state index contributed by atoms with van der Waals surface area (Å²) in [6, 6.07) is 5.65. The van der Waals surface area contributed by atoms with Crippen molar-refractivity contribution < 1.29 is 9.47 Å². The topological polar surface area (TPSA) is 70.9 Å². The fourth-order valence-corrected chi connectivity index (χ4v) is 1.35. The Morgan fingerprint density at radius 2 is 2.40 bits per heavy atom. The first-order chi connectivity index (χ1) is 7.36. The van der Waals surface area contributed by atoms with E-state index in [1.807, 2.05) is 6.07 Å². The van der Waals surface area contributed by atoms with Crippen molar-refractivity contribution in [2.75, 3.05) is 13.9 Å². The first kappa shape index (κ1) is 9.49. The zero-order valence-corrected chi connectivity index (χ0v) is 8.15. The van der Waals surface area contributed by atoms with Crippen molar-refractivity contribution >= 4 is 10.9 Å². The van der Waals surface area contributed by atoms with E-state index in [0.29, 0.717) is 16.8 Å². The molecule has 1 aromatic heterocycles. The number of hydrogen-bond acceptors (Lipinski definition) is 4. The average molecular weight is 203 g/mol. The van der Waals surface area contributed by atoms with Crippen LogP contribution in [-0.4, -0.2) is 24.1 Å². The van der Waals surface area contributed by atoms with Gasteiger partial charge in [0, 0.05) is 12.5 Å². The number of nitrogens with zero attached hydrogens (tertiary/aromatic N) is 2. The molecule has 0 fully saturated rings. The largest absolute Gasteiger partial charge is 0.466 e. The Morgan fingerprint density at radius 3 is 3.13 bits per heavy atom. The van der Waals surface area contributed by atoms with Crippen LogP contribution in [0, 0.1) is 11.3 Å². The van der Waals surface area contributed by atoms with Gasteiger partial charge < -0.3 is 9.47 Å². The molecule has 0 spiro atoms. The molecule has 15 heavy (non-hydrogen) atoms. The average Bonchev–Trinajstić information content (AvgIpc) is 2.73. The third kappa shape index (κ3) is 1.63. The number of nitriles is 1. The highest BCUT2D eigenvalue weighted by Crippen LogP contribution is 2.25. The maximum Gasteiger partial charge on any atom is 0.188 e. The van der Waals surface area contributed by atoms with Crippen LogP contribution < -0.4 is 4.74 Å². The summed E-state index contributed by atoms with van der Waals surface area (Å²) in [7, 11) is 1.53. The fraction of sp³-hybridized carbons (Fsp3) is 0.200. The standard InChI is InChI=1S/C10H9N3O2/c1-14-6-15-9-3-2-7-5-12-13-10(7)8(9)4-11/h2-3,5H,6H2,1H3,(H,12,13). The second-order valence-corrected chi connectivity index (χ2v) is 2.94. The maximum absolute atomic E-state index is 9.02. The van der Waals surface area contributed by atoms with E-state index in [2.05, 4.69) is 16.3 Å². The molecule has 0 bridgehead atoms. The molecule has 0 aliphatic heterocycles. The number of fused-ring (bicyclic) bond motifs is 1. The Balaban J connectivity index is 2.50. The number of H-pyrrole nitrogens is 1. The summed E-state index contributed by atoms with van der Waals surface area (Å²) in [5, 5.41) is 16.5. The molecule has 0 saturated heterocycles. The molecule has 0 unspecified atom stereocenters. The second kappa shape index (κ2) is 3.98. The zero-order valence-electron chi connectivity index (χ0n) is 8.15. The first-order valence-electron chi connectivity index (χ1n) is 4.34.